The van der Waals surface area contributed by atoms with Gasteiger partial charge in [0.2, 0.25) is 0 Å². The summed E-state index contributed by atoms with van der Waals surface area (Å²) in [6, 6.07) is -2.39. The van der Waals surface area contributed by atoms with Crippen molar-refractivity contribution in [1.29, 1.82) is 0 Å². The summed E-state index contributed by atoms with van der Waals surface area (Å²) in [6.45, 7) is 19.4. The van der Waals surface area contributed by atoms with Gasteiger partial charge >= 0.3 is 23.8 Å². The van der Waals surface area contributed by atoms with Crippen molar-refractivity contribution in [2.24, 2.45) is 23.7 Å². The maximum absolute atomic E-state index is 15.2. The Morgan fingerprint density at radius 3 is 2.22 bits per heavy atom. The van der Waals surface area contributed by atoms with Gasteiger partial charge in [0.05, 0.1) is 60.2 Å². The fourth-order valence-corrected chi connectivity index (χ4v) is 12.9. The van der Waals surface area contributed by atoms with Crippen LogP contribution in [0.3, 0.4) is 0 Å². The minimum absolute atomic E-state index is 0.0902. The number of ketones is 1. The number of nitrogens with zero attached hydrogens (tertiary/aromatic N) is 3. The largest absolute Gasteiger partial charge is 0.458 e. The molecule has 1 aromatic heterocycles. The van der Waals surface area contributed by atoms with Crippen LogP contribution in [0.5, 0.6) is 0 Å². The van der Waals surface area contributed by atoms with E-state index in [9.17, 15) is 39.3 Å². The van der Waals surface area contributed by atoms with E-state index in [1.165, 1.54) is 25.0 Å². The number of esters is 1. The van der Waals surface area contributed by atoms with E-state index in [0.717, 1.165) is 0 Å². The Kier molecular flexibility index (Phi) is 21.5. The molecule has 79 heavy (non-hydrogen) atoms. The monoisotopic (exact) mass is 1120 g/mol. The average molecular weight is 1130 g/mol. The number of nitrogens with one attached hydrogen (secondary N) is 3. The molecule has 0 radical (unpaired) electrons. The van der Waals surface area contributed by atoms with Gasteiger partial charge in [0, 0.05) is 75.7 Å². The molecule has 0 spiro atoms. The molecule has 5 fully saturated rings. The highest BCUT2D eigenvalue weighted by Gasteiger charge is 2.61. The van der Waals surface area contributed by atoms with Gasteiger partial charge in [0.15, 0.2) is 18.2 Å². The zero-order valence-electron chi connectivity index (χ0n) is 49.1. The third kappa shape index (κ3) is 13.9. The van der Waals surface area contributed by atoms with Crippen LogP contribution < -0.4 is 21.9 Å². The van der Waals surface area contributed by atoms with E-state index in [-0.39, 0.29) is 56.7 Å². The lowest BCUT2D eigenvalue weighted by atomic mass is 9.73. The van der Waals surface area contributed by atoms with Crippen LogP contribution in [0.4, 0.5) is 9.59 Å². The van der Waals surface area contributed by atoms with Gasteiger partial charge in [-0.3, -0.25) is 23.9 Å². The van der Waals surface area contributed by atoms with Gasteiger partial charge in [-0.15, -0.1) is 0 Å². The first-order chi connectivity index (χ1) is 37.1. The van der Waals surface area contributed by atoms with Crippen LogP contribution in [-0.4, -0.2) is 203 Å². The molecular weight excluding hydrogens is 1030 g/mol. The summed E-state index contributed by atoms with van der Waals surface area (Å²) in [6.07, 6.45) is -6.76. The normalized spacial score (nSPS) is 40.6. The molecule has 5 saturated heterocycles. The quantitative estimate of drug-likeness (QED) is 0.0965. The smallest absolute Gasteiger partial charge is 0.410 e. The van der Waals surface area contributed by atoms with Gasteiger partial charge in [-0.05, 0) is 101 Å². The van der Waals surface area contributed by atoms with Gasteiger partial charge in [-0.25, -0.2) is 14.4 Å². The van der Waals surface area contributed by atoms with Crippen molar-refractivity contribution in [2.45, 2.75) is 230 Å². The maximum atomic E-state index is 15.2. The lowest BCUT2D eigenvalue weighted by molar-refractivity contribution is -0.319. The number of fused-ring (bicyclic) bond motifs is 1. The van der Waals surface area contributed by atoms with Crippen molar-refractivity contribution in [3.8, 4) is 0 Å². The van der Waals surface area contributed by atoms with Gasteiger partial charge < -0.3 is 78.4 Å². The number of methoxy groups -OCH3 is 2. The summed E-state index contributed by atoms with van der Waals surface area (Å²) in [5.41, 5.74) is -4.80. The highest BCUT2D eigenvalue weighted by molar-refractivity contribution is 5.85. The van der Waals surface area contributed by atoms with E-state index >= 15 is 4.79 Å². The van der Waals surface area contributed by atoms with Crippen molar-refractivity contribution in [3.05, 3.63) is 32.6 Å². The first-order valence-corrected chi connectivity index (χ1v) is 28.2. The number of ether oxygens (including phenoxy) is 9. The molecule has 0 bridgehead atoms. The number of aryl methyl sites for hydroxylation is 1. The summed E-state index contributed by atoms with van der Waals surface area (Å²) >= 11 is 0. The lowest BCUT2D eigenvalue weighted by Crippen LogP contribution is -2.61. The molecule has 0 aliphatic carbocycles. The second-order valence-electron chi connectivity index (χ2n) is 23.7. The zero-order valence-corrected chi connectivity index (χ0v) is 49.1. The fourth-order valence-electron chi connectivity index (χ4n) is 12.9. The Labute approximate surface area is 464 Å². The Hall–Kier alpha value is -4.08. The SMILES string of the molecule is CC[C@H]1OC(=O)[C@H](C)[C@@H](O[C@H]2C[C@@](C)(OC)[C@@H](O)[C@H](C)O2)[C@H](C)[C@@H](O[C@@H]2O[C@H](C)C[C@H](N(C)C)[C@H]2O)[C@](C)(OC)C[C@@H](C)C(=O)[C@H](C)[C@@H]2N(CCCCCNC(=O)N[C@H]3C[C@H](n4cc(C)c(=O)[nH]c4=O)O[C@@H]3CO)C(=O)O[C@@]21C. The number of likely N-dealkylation sites (N-methyl/N-ethyl adjacent to an activating group) is 1. The number of aliphatic hydroxyl groups is 3. The number of carbonyl (C=O) groups is 4. The Bertz CT molecular complexity index is 2370. The molecular formula is C55H92N6O18. The third-order valence-corrected chi connectivity index (χ3v) is 17.7. The maximum Gasteiger partial charge on any atom is 0.410 e. The molecule has 5 aliphatic rings. The minimum Gasteiger partial charge on any atom is -0.458 e. The summed E-state index contributed by atoms with van der Waals surface area (Å²) < 4.78 is 58.7. The molecule has 1 aromatic rings. The molecule has 3 amide bonds. The van der Waals surface area contributed by atoms with Gasteiger partial charge in [0.1, 0.15) is 36.4 Å². The number of aromatic nitrogens is 2. The van der Waals surface area contributed by atoms with E-state index < -0.39 is 150 Å². The number of rotatable bonds is 17. The van der Waals surface area contributed by atoms with Crippen LogP contribution in [0, 0.1) is 30.6 Å². The van der Waals surface area contributed by atoms with Crippen LogP contribution >= 0.6 is 0 Å². The summed E-state index contributed by atoms with van der Waals surface area (Å²) in [7, 11) is 6.77. The van der Waals surface area contributed by atoms with Crippen molar-refractivity contribution in [1.82, 2.24) is 30.0 Å². The molecule has 0 saturated carbocycles. The molecule has 450 valence electrons. The molecule has 6 rings (SSSR count). The van der Waals surface area contributed by atoms with E-state index in [1.807, 2.05) is 46.7 Å². The van der Waals surface area contributed by atoms with Gasteiger partial charge in [0.25, 0.3) is 5.56 Å². The average Bonchev–Trinajstić information content (AvgIpc) is 4.16. The third-order valence-electron chi connectivity index (χ3n) is 17.7. The summed E-state index contributed by atoms with van der Waals surface area (Å²) in [4.78, 5) is 87.6. The molecule has 6 N–H and O–H groups in total. The number of urea groups is 1. The fraction of sp³-hybridized carbons (Fsp3) is 0.855. The Balaban J connectivity index is 1.24. The van der Waals surface area contributed by atoms with Crippen molar-refractivity contribution in [2.75, 3.05) is 48.0 Å². The van der Waals surface area contributed by atoms with E-state index in [2.05, 4.69) is 15.6 Å². The number of unbranched alkanes of at least 4 members (excludes halogenated alkanes) is 2. The van der Waals surface area contributed by atoms with Crippen molar-refractivity contribution in [3.63, 3.8) is 0 Å². The highest BCUT2D eigenvalue weighted by Crippen LogP contribution is 2.45. The molecule has 24 nitrogen and oxygen atoms in total. The van der Waals surface area contributed by atoms with Crippen LogP contribution in [0.25, 0.3) is 0 Å². The van der Waals surface area contributed by atoms with Gasteiger partial charge in [-0.1, -0.05) is 27.7 Å². The van der Waals surface area contributed by atoms with Crippen molar-refractivity contribution < 1.29 is 77.1 Å². The summed E-state index contributed by atoms with van der Waals surface area (Å²) in [5.74, 6) is -4.28. The Morgan fingerprint density at radius 2 is 1.58 bits per heavy atom. The van der Waals surface area contributed by atoms with Crippen LogP contribution in [0.1, 0.15) is 132 Å². The van der Waals surface area contributed by atoms with E-state index in [0.29, 0.717) is 31.2 Å². The predicted octanol–water partition coefficient (Wildman–Crippen LogP) is 2.88. The molecule has 21 atom stereocenters. The number of Topliss-reactive ketones (excluding diaryl/α,β-unsaturated/α-hetero) is 1. The molecule has 6 heterocycles. The molecule has 24 heteroatoms. The van der Waals surface area contributed by atoms with Crippen LogP contribution in [0.2, 0.25) is 0 Å². The number of H-pyrrole nitrogens is 1. The van der Waals surface area contributed by atoms with Crippen LogP contribution in [0.15, 0.2) is 15.8 Å². The Morgan fingerprint density at radius 1 is 0.899 bits per heavy atom. The first kappa shape index (κ1) is 64.1. The summed E-state index contributed by atoms with van der Waals surface area (Å²) in [5, 5.41) is 38.7. The number of carbonyl (C=O) groups excluding carboxylic acids is 4. The number of cyclic esters (lactones) is 1. The second-order valence-corrected chi connectivity index (χ2v) is 23.7. The molecule has 0 aromatic carbocycles. The highest BCUT2D eigenvalue weighted by atomic mass is 16.7. The topological polar surface area (TPSA) is 297 Å². The number of hydrogen-bond acceptors (Lipinski definition) is 19. The van der Waals surface area contributed by atoms with E-state index in [4.69, 9.17) is 42.6 Å². The van der Waals surface area contributed by atoms with E-state index in [1.54, 1.807) is 53.4 Å². The van der Waals surface area contributed by atoms with Crippen LogP contribution in [-0.2, 0) is 52.2 Å². The number of hydrogen-bond donors (Lipinski definition) is 6. The van der Waals surface area contributed by atoms with Gasteiger partial charge in [-0.2, -0.15) is 0 Å². The first-order valence-electron chi connectivity index (χ1n) is 28.2. The minimum atomic E-state index is -1.51. The zero-order chi connectivity index (χ0) is 58.6. The predicted molar refractivity (Wildman–Crippen MR) is 286 cm³/mol. The lowest BCUT2D eigenvalue weighted by Gasteiger charge is -2.50. The van der Waals surface area contributed by atoms with Crippen molar-refractivity contribution >= 4 is 23.9 Å². The number of amides is 3. The number of aromatic amines is 1. The second kappa shape index (κ2) is 26.4. The molecule has 0 unspecified atom stereocenters. The standard InChI is InChI=1S/C55H92N6O18/c1-16-38-55(11)44(60(52(70)79-55)21-19-17-18-20-56-50(68)57-35-23-39(75-37(35)27-62)61-26-29(3)47(66)58-51(61)69)31(5)41(63)28(2)24-54(10,72-15)46(78-49-42(64)36(59(12)13)22-30(4)73-49)32(6)43(33(7)48(67)76-38)77-40-25-53(9,71-14)45(65)34(8)74-40/h26,28,30-40,42-46,49,62,64-65H,16-25,27H2,1-15H3,(H2,56,57,68)(H,58,66,69)/t28-,30-,31+,32+,33-,34+,35+,36+,37-,38-,39-,40+,42-,43+,44+,45+,46-,49+,53-,54-,55-/m1/s1. The number of aliphatic hydroxyl groups excluding tert-OH is 3. The molecule has 5 aliphatic heterocycles.